The average molecular weight is 427 g/mol. The Labute approximate surface area is 187 Å². The maximum absolute atomic E-state index is 10.7. The average Bonchev–Trinajstić information content (AvgIpc) is 3.29. The number of aromatic nitrogens is 2. The summed E-state index contributed by atoms with van der Waals surface area (Å²) >= 11 is 0. The number of hydrogen-bond donors (Lipinski definition) is 3. The molecule has 0 aliphatic carbocycles. The van der Waals surface area contributed by atoms with Gasteiger partial charge in [0.1, 0.15) is 11.8 Å². The molecule has 0 aliphatic heterocycles. The van der Waals surface area contributed by atoms with Crippen LogP contribution >= 0.6 is 0 Å². The van der Waals surface area contributed by atoms with Crippen LogP contribution in [0, 0.1) is 0 Å². The highest BCUT2D eigenvalue weighted by atomic mass is 16.5. The fourth-order valence-electron chi connectivity index (χ4n) is 4.01. The van der Waals surface area contributed by atoms with Crippen molar-refractivity contribution in [2.24, 2.45) is 5.73 Å². The topological polar surface area (TPSA) is 93.0 Å². The van der Waals surface area contributed by atoms with Gasteiger partial charge in [0, 0.05) is 24.2 Å². The number of benzene rings is 3. The summed E-state index contributed by atoms with van der Waals surface area (Å²) in [5.41, 5.74) is 10.4. The van der Waals surface area contributed by atoms with E-state index in [4.69, 9.17) is 10.5 Å². The fraction of sp³-hybridized carbons (Fsp3) is 0.154. The van der Waals surface area contributed by atoms with Crippen molar-refractivity contribution in [1.82, 2.24) is 15.5 Å². The number of nitrogens with zero attached hydrogens (tertiary/aromatic N) is 1. The van der Waals surface area contributed by atoms with Gasteiger partial charge in [-0.25, -0.2) is 0 Å². The first kappa shape index (κ1) is 21.5. The molecule has 0 saturated heterocycles. The van der Waals surface area contributed by atoms with Crippen LogP contribution in [-0.4, -0.2) is 22.8 Å². The van der Waals surface area contributed by atoms with Crippen molar-refractivity contribution < 1.29 is 9.53 Å². The lowest BCUT2D eigenvalue weighted by Gasteiger charge is -2.38. The van der Waals surface area contributed by atoms with Crippen LogP contribution in [-0.2, 0) is 28.1 Å². The summed E-state index contributed by atoms with van der Waals surface area (Å²) in [5, 5.41) is 9.76. The number of amides is 1. The van der Waals surface area contributed by atoms with Gasteiger partial charge >= 0.3 is 0 Å². The number of hydrogen-bond acceptors (Lipinski definition) is 4. The largest absolute Gasteiger partial charge is 0.354 e. The zero-order valence-corrected chi connectivity index (χ0v) is 17.6. The lowest BCUT2D eigenvalue weighted by Crippen LogP contribution is -2.41. The van der Waals surface area contributed by atoms with Crippen LogP contribution < -0.4 is 11.1 Å². The molecule has 1 heterocycles. The third-order valence-electron chi connectivity index (χ3n) is 5.46. The molecule has 6 nitrogen and oxygen atoms in total. The first-order valence-electron chi connectivity index (χ1n) is 10.5. The van der Waals surface area contributed by atoms with E-state index in [1.54, 1.807) is 6.20 Å². The smallest absolute Gasteiger partial charge is 0.207 e. The number of nitrogens with two attached hydrogens (primary N) is 1. The predicted molar refractivity (Wildman–Crippen MR) is 123 cm³/mol. The lowest BCUT2D eigenvalue weighted by molar-refractivity contribution is -0.109. The summed E-state index contributed by atoms with van der Waals surface area (Å²) < 4.78 is 6.77. The second-order valence-corrected chi connectivity index (χ2v) is 7.51. The number of rotatable bonds is 10. The number of H-pyrrole nitrogens is 1. The predicted octanol–water partition coefficient (Wildman–Crippen LogP) is 3.49. The molecule has 0 spiro atoms. The second kappa shape index (κ2) is 10.0. The highest BCUT2D eigenvalue weighted by Crippen LogP contribution is 2.41. The molecule has 0 radical (unpaired) electrons. The van der Waals surface area contributed by atoms with E-state index in [-0.39, 0.29) is 0 Å². The summed E-state index contributed by atoms with van der Waals surface area (Å²) in [6.45, 7) is 0.378. The van der Waals surface area contributed by atoms with E-state index in [0.29, 0.717) is 19.4 Å². The summed E-state index contributed by atoms with van der Waals surface area (Å²) in [6, 6.07) is 30.3. The minimum atomic E-state index is -0.898. The van der Waals surface area contributed by atoms with Crippen LogP contribution in [0.2, 0.25) is 0 Å². The van der Waals surface area contributed by atoms with Crippen molar-refractivity contribution in [2.45, 2.75) is 24.8 Å². The molecule has 4 aromatic rings. The highest BCUT2D eigenvalue weighted by Gasteiger charge is 2.39. The summed E-state index contributed by atoms with van der Waals surface area (Å²) in [4.78, 5) is 10.7. The van der Waals surface area contributed by atoms with Gasteiger partial charge in [0.15, 0.2) is 0 Å². The van der Waals surface area contributed by atoms with Gasteiger partial charge in [0.05, 0.1) is 6.20 Å². The first-order chi connectivity index (χ1) is 15.7. The fourth-order valence-corrected chi connectivity index (χ4v) is 4.01. The number of carbonyl (C=O) groups is 1. The molecule has 0 saturated carbocycles. The molecular formula is C26H26N4O2. The first-order valence-corrected chi connectivity index (χ1v) is 10.5. The minimum Gasteiger partial charge on any atom is -0.354 e. The maximum Gasteiger partial charge on any atom is 0.207 e. The van der Waals surface area contributed by atoms with Crippen LogP contribution in [0.3, 0.4) is 0 Å². The van der Waals surface area contributed by atoms with Crippen LogP contribution in [0.4, 0.5) is 0 Å². The molecule has 1 atom stereocenters. The molecule has 0 fully saturated rings. The molecule has 3 aromatic carbocycles. The highest BCUT2D eigenvalue weighted by molar-refractivity contribution is 5.48. The molecule has 4 N–H and O–H groups in total. The molecule has 162 valence electrons. The molecular weight excluding hydrogens is 400 g/mol. The molecule has 4 rings (SSSR count). The Hall–Kier alpha value is -3.74. The Morgan fingerprint density at radius 3 is 1.88 bits per heavy atom. The second-order valence-electron chi connectivity index (χ2n) is 7.51. The van der Waals surface area contributed by atoms with Gasteiger partial charge in [-0.1, -0.05) is 91.0 Å². The monoisotopic (exact) mass is 426 g/mol. The SMILES string of the molecule is NC(Cc1[nH]ncc1CNC=O)OC(c1ccccc1)(c1ccccc1)c1ccccc1. The third kappa shape index (κ3) is 4.46. The van der Waals surface area contributed by atoms with Gasteiger partial charge in [-0.3, -0.25) is 9.89 Å². The van der Waals surface area contributed by atoms with E-state index in [1.165, 1.54) is 0 Å². The number of ether oxygens (including phenoxy) is 1. The molecule has 0 aliphatic rings. The Morgan fingerprint density at radius 2 is 1.41 bits per heavy atom. The summed E-state index contributed by atoms with van der Waals surface area (Å²) in [5.74, 6) is 0. The van der Waals surface area contributed by atoms with E-state index in [9.17, 15) is 4.79 Å². The number of aromatic amines is 1. The standard InChI is InChI=1S/C26H26N4O2/c27-25(16-24-20(17-28-19-31)18-29-30-24)32-26(21-10-4-1-5-11-21,22-12-6-2-7-13-22)23-14-8-3-9-15-23/h1-15,18-19,25H,16-17,27H2,(H,28,31)(H,29,30). The zero-order chi connectivity index (χ0) is 22.2. The van der Waals surface area contributed by atoms with Gasteiger partial charge < -0.3 is 15.8 Å². The van der Waals surface area contributed by atoms with E-state index < -0.39 is 11.8 Å². The van der Waals surface area contributed by atoms with Crippen LogP contribution in [0.15, 0.2) is 97.2 Å². The molecule has 32 heavy (non-hydrogen) atoms. The Morgan fingerprint density at radius 1 is 0.906 bits per heavy atom. The van der Waals surface area contributed by atoms with Gasteiger partial charge in [-0.05, 0) is 16.7 Å². The van der Waals surface area contributed by atoms with Crippen LogP contribution in [0.5, 0.6) is 0 Å². The van der Waals surface area contributed by atoms with Crippen molar-refractivity contribution in [3.8, 4) is 0 Å². The van der Waals surface area contributed by atoms with E-state index in [2.05, 4.69) is 51.9 Å². The quantitative estimate of drug-likeness (QED) is 0.206. The van der Waals surface area contributed by atoms with E-state index in [1.807, 2.05) is 54.6 Å². The number of nitrogens with one attached hydrogen (secondary N) is 2. The minimum absolute atomic E-state index is 0.378. The van der Waals surface area contributed by atoms with Gasteiger partial charge in [-0.2, -0.15) is 5.10 Å². The van der Waals surface area contributed by atoms with Gasteiger partial charge in [0.2, 0.25) is 6.41 Å². The third-order valence-corrected chi connectivity index (χ3v) is 5.46. The summed E-state index contributed by atoms with van der Waals surface area (Å²) in [7, 11) is 0. The van der Waals surface area contributed by atoms with E-state index in [0.717, 1.165) is 27.9 Å². The Balaban J connectivity index is 1.76. The van der Waals surface area contributed by atoms with Crippen molar-refractivity contribution >= 4 is 6.41 Å². The summed E-state index contributed by atoms with van der Waals surface area (Å²) in [6.07, 6.45) is 2.12. The lowest BCUT2D eigenvalue weighted by atomic mass is 9.80. The molecule has 6 heteroatoms. The molecule has 1 unspecified atom stereocenters. The van der Waals surface area contributed by atoms with Crippen LogP contribution in [0.1, 0.15) is 27.9 Å². The molecule has 1 amide bonds. The molecule has 0 bridgehead atoms. The van der Waals surface area contributed by atoms with Crippen molar-refractivity contribution in [3.05, 3.63) is 125 Å². The maximum atomic E-state index is 10.7. The van der Waals surface area contributed by atoms with Gasteiger partial charge in [0.25, 0.3) is 0 Å². The van der Waals surface area contributed by atoms with Crippen molar-refractivity contribution in [3.63, 3.8) is 0 Å². The zero-order valence-electron chi connectivity index (χ0n) is 17.6. The van der Waals surface area contributed by atoms with Crippen molar-refractivity contribution in [1.29, 1.82) is 0 Å². The number of carbonyl (C=O) groups excluding carboxylic acids is 1. The van der Waals surface area contributed by atoms with E-state index >= 15 is 0 Å². The Bertz CT molecular complexity index is 1020. The van der Waals surface area contributed by atoms with Gasteiger partial charge in [-0.15, -0.1) is 0 Å². The Kier molecular flexibility index (Phi) is 6.75. The van der Waals surface area contributed by atoms with Crippen LogP contribution in [0.25, 0.3) is 0 Å². The normalized spacial score (nSPS) is 12.3. The molecule has 1 aromatic heterocycles. The van der Waals surface area contributed by atoms with Crippen molar-refractivity contribution in [2.75, 3.05) is 0 Å².